The first-order valence-electron chi connectivity index (χ1n) is 26.2. The van der Waals surface area contributed by atoms with Crippen molar-refractivity contribution in [1.82, 2.24) is 0 Å². The molecule has 0 N–H and O–H groups in total. The summed E-state index contributed by atoms with van der Waals surface area (Å²) in [7, 11) is 0. The second kappa shape index (κ2) is 19.0. The van der Waals surface area contributed by atoms with E-state index in [-0.39, 0.29) is 0 Å². The van der Waals surface area contributed by atoms with Crippen molar-refractivity contribution in [2.45, 2.75) is 231 Å². The van der Waals surface area contributed by atoms with Crippen LogP contribution in [0.4, 0.5) is 0 Å². The maximum Gasteiger partial charge on any atom is -0.0199 e. The summed E-state index contributed by atoms with van der Waals surface area (Å²) in [6.07, 6.45) is 61.7. The van der Waals surface area contributed by atoms with E-state index in [9.17, 15) is 0 Å². The molecule has 0 amide bonds. The van der Waals surface area contributed by atoms with Gasteiger partial charge in [0.2, 0.25) is 0 Å². The molecule has 0 saturated heterocycles. The first kappa shape index (κ1) is 39.0. The van der Waals surface area contributed by atoms with Crippen LogP contribution >= 0.6 is 0 Å². The molecule has 9 saturated carbocycles. The summed E-state index contributed by atoms with van der Waals surface area (Å²) in [5, 5.41) is 0. The van der Waals surface area contributed by atoms with Gasteiger partial charge < -0.3 is 0 Å². The molecule has 9 aliphatic rings. The van der Waals surface area contributed by atoms with Crippen molar-refractivity contribution in [3.8, 4) is 0 Å². The standard InChI is InChI=1S/C54H88/c1-5-17-39(18-6-1)53(40-19-7-2-8-20-40)37-45-33-35-49(51-27-15-13-25-47(45)51)43-29-31-44(32-30-43)50-36-34-46(48-26-14-16-28-52(48)50)38-54(41-21-9-3-10-22-41)42-23-11-4-12-24-42/h37-52H,1-36H2. The lowest BCUT2D eigenvalue weighted by Crippen LogP contribution is -2.43. The molecule has 8 unspecified atom stereocenters. The lowest BCUT2D eigenvalue weighted by Gasteiger charge is -2.52. The van der Waals surface area contributed by atoms with Gasteiger partial charge in [-0.05, 0) is 211 Å². The predicted octanol–water partition coefficient (Wildman–Crippen LogP) is 16.6. The molecule has 9 rings (SSSR count). The van der Waals surface area contributed by atoms with Gasteiger partial charge in [0.1, 0.15) is 0 Å². The number of hydrogen-bond donors (Lipinski definition) is 0. The molecule has 9 fully saturated rings. The highest BCUT2D eigenvalue weighted by Crippen LogP contribution is 2.57. The van der Waals surface area contributed by atoms with Gasteiger partial charge in [-0.15, -0.1) is 0 Å². The van der Waals surface area contributed by atoms with Crippen LogP contribution in [0.15, 0.2) is 23.3 Å². The topological polar surface area (TPSA) is 0 Å². The van der Waals surface area contributed by atoms with Gasteiger partial charge in [0, 0.05) is 0 Å². The van der Waals surface area contributed by atoms with Crippen LogP contribution in [0.5, 0.6) is 0 Å². The Morgan fingerprint density at radius 1 is 0.222 bits per heavy atom. The summed E-state index contributed by atoms with van der Waals surface area (Å²) in [5.74, 6) is 14.2. The van der Waals surface area contributed by atoms with E-state index in [4.69, 9.17) is 0 Å². The van der Waals surface area contributed by atoms with Crippen LogP contribution in [-0.4, -0.2) is 0 Å². The van der Waals surface area contributed by atoms with Crippen molar-refractivity contribution in [3.05, 3.63) is 23.3 Å². The van der Waals surface area contributed by atoms with Gasteiger partial charge in [0.15, 0.2) is 0 Å². The van der Waals surface area contributed by atoms with Crippen LogP contribution in [0.3, 0.4) is 0 Å². The highest BCUT2D eigenvalue weighted by atomic mass is 14.5. The van der Waals surface area contributed by atoms with E-state index in [0.29, 0.717) is 0 Å². The zero-order valence-electron chi connectivity index (χ0n) is 35.7. The van der Waals surface area contributed by atoms with Gasteiger partial charge in [-0.2, -0.15) is 0 Å². The largest absolute Gasteiger partial charge is 0.0814 e. The van der Waals surface area contributed by atoms with Crippen molar-refractivity contribution in [2.75, 3.05) is 0 Å². The maximum absolute atomic E-state index is 3.07. The molecule has 9 aliphatic carbocycles. The van der Waals surface area contributed by atoms with E-state index in [1.807, 2.05) is 11.1 Å². The number of allylic oxidation sites excluding steroid dienone is 4. The number of rotatable bonds is 8. The monoisotopic (exact) mass is 737 g/mol. The van der Waals surface area contributed by atoms with Crippen LogP contribution in [-0.2, 0) is 0 Å². The second-order valence-electron chi connectivity index (χ2n) is 22.4. The normalized spacial score (nSPS) is 41.0. The molecular weight excluding hydrogens is 649 g/mol. The summed E-state index contributed by atoms with van der Waals surface area (Å²) < 4.78 is 0. The summed E-state index contributed by atoms with van der Waals surface area (Å²) in [4.78, 5) is 0. The smallest absolute Gasteiger partial charge is 0.0199 e. The Morgan fingerprint density at radius 3 is 0.815 bits per heavy atom. The minimum atomic E-state index is 0.936. The van der Waals surface area contributed by atoms with Gasteiger partial charge >= 0.3 is 0 Å². The van der Waals surface area contributed by atoms with Crippen molar-refractivity contribution in [1.29, 1.82) is 0 Å². The third kappa shape index (κ3) is 8.89. The number of fused-ring (bicyclic) bond motifs is 2. The van der Waals surface area contributed by atoms with Crippen LogP contribution in [0.2, 0.25) is 0 Å². The lowest BCUT2D eigenvalue weighted by atomic mass is 9.53. The third-order valence-electron chi connectivity index (χ3n) is 19.8. The highest BCUT2D eigenvalue weighted by Gasteiger charge is 2.47. The molecule has 0 aromatic rings. The average Bonchev–Trinajstić information content (AvgIpc) is 3.26. The van der Waals surface area contributed by atoms with Crippen molar-refractivity contribution >= 4 is 0 Å². The number of hydrogen-bond acceptors (Lipinski definition) is 0. The van der Waals surface area contributed by atoms with Crippen molar-refractivity contribution in [3.63, 3.8) is 0 Å². The van der Waals surface area contributed by atoms with Gasteiger partial charge in [-0.1, -0.05) is 126 Å². The lowest BCUT2D eigenvalue weighted by molar-refractivity contribution is -0.00714. The fourth-order valence-corrected chi connectivity index (χ4v) is 17.2. The van der Waals surface area contributed by atoms with Gasteiger partial charge in [-0.3, -0.25) is 0 Å². The SMILES string of the molecule is C(=C(C1CCCCC1)C1CCCCC1)C1CCC(C2CCC(C3CCC(C=C(C4CCCCC4)C4CCCCC4)C4CCCCC43)CC2)C2CCCCC12. The molecule has 0 nitrogen and oxygen atoms in total. The molecule has 304 valence electrons. The van der Waals surface area contributed by atoms with E-state index >= 15 is 0 Å². The molecule has 54 heavy (non-hydrogen) atoms. The van der Waals surface area contributed by atoms with E-state index < -0.39 is 0 Å². The maximum atomic E-state index is 3.07. The molecule has 0 aromatic heterocycles. The van der Waals surface area contributed by atoms with Gasteiger partial charge in [-0.25, -0.2) is 0 Å². The fraction of sp³-hybridized carbons (Fsp3) is 0.926. The Balaban J connectivity index is 0.849. The predicted molar refractivity (Wildman–Crippen MR) is 231 cm³/mol. The molecule has 8 atom stereocenters. The fourth-order valence-electron chi connectivity index (χ4n) is 17.2. The molecule has 0 aliphatic heterocycles. The highest BCUT2D eigenvalue weighted by molar-refractivity contribution is 5.18. The van der Waals surface area contributed by atoms with Crippen LogP contribution in [0.1, 0.15) is 231 Å². The Hall–Kier alpha value is -0.520. The molecule has 0 bridgehead atoms. The van der Waals surface area contributed by atoms with Crippen molar-refractivity contribution in [2.24, 2.45) is 82.9 Å². The Labute approximate surface area is 336 Å². The van der Waals surface area contributed by atoms with Crippen LogP contribution < -0.4 is 0 Å². The minimum absolute atomic E-state index is 0.936. The van der Waals surface area contributed by atoms with Crippen LogP contribution in [0, 0.1) is 82.9 Å². The zero-order valence-corrected chi connectivity index (χ0v) is 35.7. The van der Waals surface area contributed by atoms with Gasteiger partial charge in [0.05, 0.1) is 0 Å². The average molecular weight is 737 g/mol. The first-order valence-corrected chi connectivity index (χ1v) is 26.2. The minimum Gasteiger partial charge on any atom is -0.0814 e. The quantitative estimate of drug-likeness (QED) is 0.218. The molecule has 0 radical (unpaired) electrons. The molecule has 0 aromatic carbocycles. The Morgan fingerprint density at radius 2 is 0.500 bits per heavy atom. The van der Waals surface area contributed by atoms with E-state index in [0.717, 1.165) is 82.9 Å². The zero-order chi connectivity index (χ0) is 36.1. The first-order chi connectivity index (χ1) is 26.8. The molecular formula is C54H88. The summed E-state index contributed by atoms with van der Waals surface area (Å²) in [5.41, 5.74) is 4.07. The van der Waals surface area contributed by atoms with Crippen molar-refractivity contribution < 1.29 is 0 Å². The Kier molecular flexibility index (Phi) is 13.7. The van der Waals surface area contributed by atoms with E-state index in [1.54, 1.807) is 89.9 Å². The summed E-state index contributed by atoms with van der Waals surface area (Å²) in [6.45, 7) is 0. The second-order valence-corrected chi connectivity index (χ2v) is 22.4. The third-order valence-corrected chi connectivity index (χ3v) is 19.8. The van der Waals surface area contributed by atoms with Gasteiger partial charge in [0.25, 0.3) is 0 Å². The summed E-state index contributed by atoms with van der Waals surface area (Å²) in [6, 6.07) is 0. The molecule has 0 heteroatoms. The van der Waals surface area contributed by atoms with Crippen LogP contribution in [0.25, 0.3) is 0 Å². The van der Waals surface area contributed by atoms with E-state index in [1.165, 1.54) is 141 Å². The summed E-state index contributed by atoms with van der Waals surface area (Å²) >= 11 is 0. The molecule has 0 spiro atoms. The van der Waals surface area contributed by atoms with E-state index in [2.05, 4.69) is 12.2 Å². The molecule has 0 heterocycles. The Bertz CT molecular complexity index is 1050.